The van der Waals surface area contributed by atoms with Gasteiger partial charge in [-0.3, -0.25) is 9.59 Å². The van der Waals surface area contributed by atoms with Crippen LogP contribution in [0.15, 0.2) is 24.3 Å². The monoisotopic (exact) mass is 321 g/mol. The van der Waals surface area contributed by atoms with Crippen molar-refractivity contribution >= 4 is 11.9 Å². The molecular formula is C18H24FNO3. The van der Waals surface area contributed by atoms with Gasteiger partial charge in [-0.1, -0.05) is 19.1 Å². The number of carbonyl (C=O) groups excluding carboxylic acids is 1. The molecule has 0 spiro atoms. The van der Waals surface area contributed by atoms with Gasteiger partial charge in [0.2, 0.25) is 5.91 Å². The van der Waals surface area contributed by atoms with Crippen molar-refractivity contribution < 1.29 is 19.1 Å². The van der Waals surface area contributed by atoms with E-state index in [-0.39, 0.29) is 30.0 Å². The number of aliphatic carboxylic acids is 1. The molecule has 1 aromatic carbocycles. The van der Waals surface area contributed by atoms with Crippen LogP contribution in [0.3, 0.4) is 0 Å². The fourth-order valence-electron chi connectivity index (χ4n) is 3.18. The van der Waals surface area contributed by atoms with E-state index in [1.165, 1.54) is 12.1 Å². The van der Waals surface area contributed by atoms with Crippen LogP contribution < -0.4 is 0 Å². The van der Waals surface area contributed by atoms with Crippen LogP contribution in [0, 0.1) is 11.7 Å². The summed E-state index contributed by atoms with van der Waals surface area (Å²) in [6.45, 7) is 3.30. The minimum absolute atomic E-state index is 0.0300. The summed E-state index contributed by atoms with van der Waals surface area (Å²) in [6, 6.07) is 6.38. The Morgan fingerprint density at radius 2 is 2.22 bits per heavy atom. The summed E-state index contributed by atoms with van der Waals surface area (Å²) in [5, 5.41) is 8.78. The van der Waals surface area contributed by atoms with Gasteiger partial charge in [0.05, 0.1) is 0 Å². The summed E-state index contributed by atoms with van der Waals surface area (Å²) in [6.07, 6.45) is 3.04. The van der Waals surface area contributed by atoms with Crippen LogP contribution in [-0.2, 0) is 9.59 Å². The first-order chi connectivity index (χ1) is 11.0. The van der Waals surface area contributed by atoms with Gasteiger partial charge in [-0.15, -0.1) is 0 Å². The normalized spacial score (nSPS) is 19.4. The van der Waals surface area contributed by atoms with Crippen molar-refractivity contribution in [2.24, 2.45) is 5.92 Å². The molecule has 5 heteroatoms. The quantitative estimate of drug-likeness (QED) is 0.873. The molecule has 2 atom stereocenters. The van der Waals surface area contributed by atoms with E-state index in [9.17, 15) is 14.0 Å². The van der Waals surface area contributed by atoms with Crippen molar-refractivity contribution in [2.45, 2.75) is 44.9 Å². The number of carbonyl (C=O) groups is 2. The summed E-state index contributed by atoms with van der Waals surface area (Å²) in [4.78, 5) is 25.0. The largest absolute Gasteiger partial charge is 0.481 e. The number of benzene rings is 1. The minimum atomic E-state index is -0.784. The molecule has 0 aromatic heterocycles. The first kappa shape index (κ1) is 17.4. The van der Waals surface area contributed by atoms with E-state index in [2.05, 4.69) is 0 Å². The summed E-state index contributed by atoms with van der Waals surface area (Å²) in [5.41, 5.74) is 0.831. The second-order valence-corrected chi connectivity index (χ2v) is 6.44. The molecule has 1 amide bonds. The van der Waals surface area contributed by atoms with Crippen LogP contribution >= 0.6 is 0 Å². The number of carboxylic acid groups (broad SMARTS) is 1. The standard InChI is InChI=1S/C18H24FNO3/c1-13(15-5-2-6-16(19)11-15)10-17(21)20-9-3-4-14(12-20)7-8-18(22)23/h2,5-6,11,13-14H,3-4,7-10,12H2,1H3,(H,22,23)/t13-,14-/m0/s1. The predicted molar refractivity (Wildman–Crippen MR) is 85.6 cm³/mol. The molecule has 1 saturated heterocycles. The molecule has 1 fully saturated rings. The van der Waals surface area contributed by atoms with Gasteiger partial charge in [0, 0.05) is 25.9 Å². The van der Waals surface area contributed by atoms with E-state index in [0.29, 0.717) is 19.4 Å². The molecule has 1 heterocycles. The number of halogens is 1. The van der Waals surface area contributed by atoms with Crippen LogP contribution in [0.5, 0.6) is 0 Å². The van der Waals surface area contributed by atoms with Crippen LogP contribution in [0.2, 0.25) is 0 Å². The van der Waals surface area contributed by atoms with Gasteiger partial charge in [0.1, 0.15) is 5.82 Å². The molecule has 126 valence electrons. The zero-order valence-corrected chi connectivity index (χ0v) is 13.5. The van der Waals surface area contributed by atoms with Crippen LogP contribution in [0.25, 0.3) is 0 Å². The predicted octanol–water partition coefficient (Wildman–Crippen LogP) is 3.42. The summed E-state index contributed by atoms with van der Waals surface area (Å²) < 4.78 is 13.3. The maximum Gasteiger partial charge on any atom is 0.303 e. The number of amides is 1. The molecule has 2 rings (SSSR count). The highest BCUT2D eigenvalue weighted by molar-refractivity contribution is 5.77. The van der Waals surface area contributed by atoms with E-state index >= 15 is 0 Å². The van der Waals surface area contributed by atoms with Crippen molar-refractivity contribution in [3.8, 4) is 0 Å². The Hall–Kier alpha value is -1.91. The highest BCUT2D eigenvalue weighted by Crippen LogP contribution is 2.25. The van der Waals surface area contributed by atoms with Gasteiger partial charge in [0.25, 0.3) is 0 Å². The van der Waals surface area contributed by atoms with E-state index in [4.69, 9.17) is 5.11 Å². The Bertz CT molecular complexity index is 561. The number of rotatable bonds is 6. The van der Waals surface area contributed by atoms with Crippen molar-refractivity contribution in [1.29, 1.82) is 0 Å². The molecule has 0 bridgehead atoms. The maximum absolute atomic E-state index is 13.3. The molecule has 1 N–H and O–H groups in total. The van der Waals surface area contributed by atoms with Crippen molar-refractivity contribution in [3.63, 3.8) is 0 Å². The Balaban J connectivity index is 1.88. The topological polar surface area (TPSA) is 57.6 Å². The zero-order chi connectivity index (χ0) is 16.8. The summed E-state index contributed by atoms with van der Waals surface area (Å²) in [7, 11) is 0. The van der Waals surface area contributed by atoms with Gasteiger partial charge >= 0.3 is 5.97 Å². The number of nitrogens with zero attached hydrogens (tertiary/aromatic N) is 1. The van der Waals surface area contributed by atoms with Gasteiger partial charge in [-0.25, -0.2) is 4.39 Å². The molecule has 0 saturated carbocycles. The van der Waals surface area contributed by atoms with Crippen molar-refractivity contribution in [3.05, 3.63) is 35.6 Å². The smallest absolute Gasteiger partial charge is 0.303 e. The van der Waals surface area contributed by atoms with E-state index < -0.39 is 5.97 Å². The third-order valence-corrected chi connectivity index (χ3v) is 4.54. The molecule has 0 unspecified atom stereocenters. The zero-order valence-electron chi connectivity index (χ0n) is 13.5. The minimum Gasteiger partial charge on any atom is -0.481 e. The van der Waals surface area contributed by atoms with E-state index in [0.717, 1.165) is 24.9 Å². The fourth-order valence-corrected chi connectivity index (χ4v) is 3.18. The number of piperidine rings is 1. The lowest BCUT2D eigenvalue weighted by Gasteiger charge is -2.33. The number of carboxylic acids is 1. The average Bonchev–Trinajstić information content (AvgIpc) is 2.53. The maximum atomic E-state index is 13.3. The van der Waals surface area contributed by atoms with E-state index in [1.54, 1.807) is 6.07 Å². The fraction of sp³-hybridized carbons (Fsp3) is 0.556. The molecule has 23 heavy (non-hydrogen) atoms. The van der Waals surface area contributed by atoms with Crippen LogP contribution in [-0.4, -0.2) is 35.0 Å². The molecule has 0 radical (unpaired) electrons. The second-order valence-electron chi connectivity index (χ2n) is 6.44. The van der Waals surface area contributed by atoms with Crippen LogP contribution in [0.4, 0.5) is 4.39 Å². The highest BCUT2D eigenvalue weighted by Gasteiger charge is 2.25. The third kappa shape index (κ3) is 5.34. The SMILES string of the molecule is C[C@@H](CC(=O)N1CCC[C@@H](CCC(=O)O)C1)c1cccc(F)c1. The molecule has 1 aliphatic heterocycles. The Morgan fingerprint density at radius 3 is 2.91 bits per heavy atom. The number of hydrogen-bond acceptors (Lipinski definition) is 2. The molecular weight excluding hydrogens is 297 g/mol. The molecule has 4 nitrogen and oxygen atoms in total. The van der Waals surface area contributed by atoms with E-state index in [1.807, 2.05) is 17.9 Å². The van der Waals surface area contributed by atoms with Gasteiger partial charge < -0.3 is 10.0 Å². The van der Waals surface area contributed by atoms with Crippen molar-refractivity contribution in [1.82, 2.24) is 4.90 Å². The lowest BCUT2D eigenvalue weighted by atomic mass is 9.92. The van der Waals surface area contributed by atoms with Crippen molar-refractivity contribution in [2.75, 3.05) is 13.1 Å². The van der Waals surface area contributed by atoms with Gasteiger partial charge in [-0.05, 0) is 48.8 Å². The first-order valence-corrected chi connectivity index (χ1v) is 8.20. The Labute approximate surface area is 136 Å². The third-order valence-electron chi connectivity index (χ3n) is 4.54. The van der Waals surface area contributed by atoms with Gasteiger partial charge in [0.15, 0.2) is 0 Å². The Kier molecular flexibility index (Phi) is 6.13. The first-order valence-electron chi connectivity index (χ1n) is 8.20. The second kappa shape index (κ2) is 8.09. The lowest BCUT2D eigenvalue weighted by Crippen LogP contribution is -2.40. The number of likely N-dealkylation sites (tertiary alicyclic amines) is 1. The van der Waals surface area contributed by atoms with Crippen LogP contribution in [0.1, 0.15) is 50.5 Å². The Morgan fingerprint density at radius 1 is 1.43 bits per heavy atom. The molecule has 0 aliphatic carbocycles. The number of hydrogen-bond donors (Lipinski definition) is 1. The highest BCUT2D eigenvalue weighted by atomic mass is 19.1. The average molecular weight is 321 g/mol. The molecule has 1 aromatic rings. The lowest BCUT2D eigenvalue weighted by molar-refractivity contribution is -0.137. The van der Waals surface area contributed by atoms with Gasteiger partial charge in [-0.2, -0.15) is 0 Å². The summed E-state index contributed by atoms with van der Waals surface area (Å²) >= 11 is 0. The summed E-state index contributed by atoms with van der Waals surface area (Å²) in [5.74, 6) is -0.755. The molecule has 1 aliphatic rings.